The van der Waals surface area contributed by atoms with E-state index in [4.69, 9.17) is 0 Å². The Morgan fingerprint density at radius 2 is 0.903 bits per heavy atom. The number of anilines is 2. The summed E-state index contributed by atoms with van der Waals surface area (Å²) in [6.45, 7) is 0. The van der Waals surface area contributed by atoms with Gasteiger partial charge in [0.2, 0.25) is 0 Å². The molecule has 2 heteroatoms. The van der Waals surface area contributed by atoms with Gasteiger partial charge in [0.15, 0.2) is 0 Å². The monoisotopic (exact) mass is 404 g/mol. The number of hydrogen-bond acceptors (Lipinski definition) is 2. The molecule has 0 heterocycles. The van der Waals surface area contributed by atoms with Crippen LogP contribution in [0.15, 0.2) is 97.1 Å². The third kappa shape index (κ3) is 2.86. The highest BCUT2D eigenvalue weighted by Crippen LogP contribution is 2.56. The standard InChI is InChI=1S/C29H28N2/c1-30(2)23-13-9-11-21(19-23)29(22-12-10-14-24(20-22)31(3)4)27-17-7-5-15-25(27)26-16-6-8-18-28(26)29/h5-20H,1-4H3. The minimum atomic E-state index is -0.356. The first-order valence-corrected chi connectivity index (χ1v) is 10.8. The molecule has 1 aliphatic rings. The highest BCUT2D eigenvalue weighted by atomic mass is 15.1. The zero-order valence-electron chi connectivity index (χ0n) is 18.6. The van der Waals surface area contributed by atoms with Gasteiger partial charge >= 0.3 is 0 Å². The second kappa shape index (κ2) is 7.31. The summed E-state index contributed by atoms with van der Waals surface area (Å²) in [5.74, 6) is 0. The molecule has 0 saturated heterocycles. The molecule has 0 amide bonds. The fourth-order valence-electron chi connectivity index (χ4n) is 5.06. The van der Waals surface area contributed by atoms with Crippen LogP contribution in [0.2, 0.25) is 0 Å². The van der Waals surface area contributed by atoms with Crippen LogP contribution in [-0.4, -0.2) is 28.2 Å². The summed E-state index contributed by atoms with van der Waals surface area (Å²) < 4.78 is 0. The maximum absolute atomic E-state index is 2.35. The predicted octanol–water partition coefficient (Wildman–Crippen LogP) is 6.18. The molecular formula is C29H28N2. The van der Waals surface area contributed by atoms with Crippen molar-refractivity contribution >= 4 is 11.4 Å². The van der Waals surface area contributed by atoms with Crippen LogP contribution in [-0.2, 0) is 5.41 Å². The Bertz CT molecular complexity index is 1150. The molecule has 0 radical (unpaired) electrons. The number of rotatable bonds is 4. The first kappa shape index (κ1) is 19.4. The van der Waals surface area contributed by atoms with Gasteiger partial charge in [-0.15, -0.1) is 0 Å². The zero-order valence-corrected chi connectivity index (χ0v) is 18.6. The van der Waals surface area contributed by atoms with Gasteiger partial charge in [0, 0.05) is 39.6 Å². The average molecular weight is 405 g/mol. The molecule has 154 valence electrons. The van der Waals surface area contributed by atoms with Crippen molar-refractivity contribution in [1.29, 1.82) is 0 Å². The Hall–Kier alpha value is -3.52. The quantitative estimate of drug-likeness (QED) is 0.353. The number of nitrogens with zero attached hydrogens (tertiary/aromatic N) is 2. The van der Waals surface area contributed by atoms with Crippen molar-refractivity contribution in [2.24, 2.45) is 0 Å². The Morgan fingerprint density at radius 1 is 0.484 bits per heavy atom. The summed E-state index contributed by atoms with van der Waals surface area (Å²) in [4.78, 5) is 4.36. The Morgan fingerprint density at radius 3 is 1.32 bits per heavy atom. The fraction of sp³-hybridized carbons (Fsp3) is 0.172. The minimum Gasteiger partial charge on any atom is -0.378 e. The van der Waals surface area contributed by atoms with Crippen LogP contribution in [0, 0.1) is 0 Å². The second-order valence-electron chi connectivity index (χ2n) is 8.73. The normalized spacial score (nSPS) is 13.4. The lowest BCUT2D eigenvalue weighted by molar-refractivity contribution is 0.767. The maximum Gasteiger partial charge on any atom is 0.0715 e. The van der Waals surface area contributed by atoms with Gasteiger partial charge in [-0.1, -0.05) is 72.8 Å². The smallest absolute Gasteiger partial charge is 0.0715 e. The summed E-state index contributed by atoms with van der Waals surface area (Å²) in [5.41, 5.74) is 10.0. The first-order chi connectivity index (χ1) is 15.0. The van der Waals surface area contributed by atoms with Crippen molar-refractivity contribution in [3.8, 4) is 11.1 Å². The second-order valence-corrected chi connectivity index (χ2v) is 8.73. The van der Waals surface area contributed by atoms with Gasteiger partial charge in [-0.2, -0.15) is 0 Å². The van der Waals surface area contributed by atoms with Crippen molar-refractivity contribution < 1.29 is 0 Å². The lowest BCUT2D eigenvalue weighted by Gasteiger charge is -2.35. The Labute approximate surface area is 185 Å². The molecule has 1 aliphatic carbocycles. The molecule has 0 bridgehead atoms. The predicted molar refractivity (Wildman–Crippen MR) is 132 cm³/mol. The van der Waals surface area contributed by atoms with Crippen molar-refractivity contribution in [3.63, 3.8) is 0 Å². The van der Waals surface area contributed by atoms with E-state index in [9.17, 15) is 0 Å². The molecule has 2 nitrogen and oxygen atoms in total. The summed E-state index contributed by atoms with van der Waals surface area (Å²) in [7, 11) is 8.42. The van der Waals surface area contributed by atoms with Crippen LogP contribution in [0.25, 0.3) is 11.1 Å². The van der Waals surface area contributed by atoms with E-state index in [2.05, 4.69) is 135 Å². The highest BCUT2D eigenvalue weighted by Gasteiger charge is 2.46. The van der Waals surface area contributed by atoms with Crippen LogP contribution in [0.4, 0.5) is 11.4 Å². The van der Waals surface area contributed by atoms with Gasteiger partial charge in [-0.3, -0.25) is 0 Å². The van der Waals surface area contributed by atoms with Crippen molar-refractivity contribution in [3.05, 3.63) is 119 Å². The van der Waals surface area contributed by atoms with E-state index in [1.807, 2.05) is 0 Å². The van der Waals surface area contributed by atoms with Crippen molar-refractivity contribution in [1.82, 2.24) is 0 Å². The Kier molecular flexibility index (Phi) is 4.59. The van der Waals surface area contributed by atoms with E-state index in [1.54, 1.807) is 0 Å². The molecule has 0 aromatic heterocycles. The third-order valence-electron chi connectivity index (χ3n) is 6.54. The van der Waals surface area contributed by atoms with Gasteiger partial charge in [0.05, 0.1) is 5.41 Å². The third-order valence-corrected chi connectivity index (χ3v) is 6.54. The molecule has 0 fully saturated rings. The molecule has 0 atom stereocenters. The van der Waals surface area contributed by atoms with E-state index < -0.39 is 0 Å². The molecule has 4 aromatic rings. The zero-order chi connectivity index (χ0) is 21.6. The lowest BCUT2D eigenvalue weighted by Crippen LogP contribution is -2.29. The highest BCUT2D eigenvalue weighted by molar-refractivity contribution is 5.86. The maximum atomic E-state index is 2.35. The molecule has 4 aromatic carbocycles. The fourth-order valence-corrected chi connectivity index (χ4v) is 5.06. The Balaban J connectivity index is 1.93. The number of hydrogen-bond donors (Lipinski definition) is 0. The summed E-state index contributed by atoms with van der Waals surface area (Å²) in [5, 5.41) is 0. The van der Waals surface area contributed by atoms with E-state index in [1.165, 1.54) is 44.8 Å². The van der Waals surface area contributed by atoms with Gasteiger partial charge in [-0.25, -0.2) is 0 Å². The topological polar surface area (TPSA) is 6.48 Å². The van der Waals surface area contributed by atoms with E-state index in [-0.39, 0.29) is 5.41 Å². The van der Waals surface area contributed by atoms with Gasteiger partial charge in [0.25, 0.3) is 0 Å². The van der Waals surface area contributed by atoms with Crippen LogP contribution >= 0.6 is 0 Å². The molecule has 0 N–H and O–H groups in total. The minimum absolute atomic E-state index is 0.356. The molecule has 0 spiro atoms. The lowest BCUT2D eigenvalue weighted by atomic mass is 9.67. The number of benzene rings is 4. The van der Waals surface area contributed by atoms with Gasteiger partial charge in [-0.05, 0) is 57.6 Å². The average Bonchev–Trinajstić information content (AvgIpc) is 3.11. The van der Waals surface area contributed by atoms with Crippen molar-refractivity contribution in [2.45, 2.75) is 5.41 Å². The summed E-state index contributed by atoms with van der Waals surface area (Å²) in [6.07, 6.45) is 0. The van der Waals surface area contributed by atoms with Crippen LogP contribution in [0.1, 0.15) is 22.3 Å². The summed E-state index contributed by atoms with van der Waals surface area (Å²) in [6, 6.07) is 35.8. The molecule has 0 saturated carbocycles. The molecule has 0 unspecified atom stereocenters. The van der Waals surface area contributed by atoms with Crippen LogP contribution in [0.5, 0.6) is 0 Å². The van der Waals surface area contributed by atoms with E-state index >= 15 is 0 Å². The first-order valence-electron chi connectivity index (χ1n) is 10.8. The summed E-state index contributed by atoms with van der Waals surface area (Å²) >= 11 is 0. The van der Waals surface area contributed by atoms with Gasteiger partial charge < -0.3 is 9.80 Å². The largest absolute Gasteiger partial charge is 0.378 e. The van der Waals surface area contributed by atoms with Gasteiger partial charge in [0.1, 0.15) is 0 Å². The number of fused-ring (bicyclic) bond motifs is 3. The molecule has 5 rings (SSSR count). The SMILES string of the molecule is CN(C)c1cccc(C2(c3cccc(N(C)C)c3)c3ccccc3-c3ccccc32)c1. The van der Waals surface area contributed by atoms with E-state index in [0.29, 0.717) is 0 Å². The van der Waals surface area contributed by atoms with E-state index in [0.717, 1.165) is 0 Å². The van der Waals surface area contributed by atoms with Crippen molar-refractivity contribution in [2.75, 3.05) is 38.0 Å². The molecular weight excluding hydrogens is 376 g/mol. The van der Waals surface area contributed by atoms with Crippen LogP contribution < -0.4 is 9.80 Å². The van der Waals surface area contributed by atoms with Crippen LogP contribution in [0.3, 0.4) is 0 Å². The molecule has 31 heavy (non-hydrogen) atoms. The molecule has 0 aliphatic heterocycles.